The number of nitrogens with zero attached hydrogens (tertiary/aromatic N) is 1. The molecule has 30 heavy (non-hydrogen) atoms. The van der Waals surface area contributed by atoms with Crippen LogP contribution < -0.4 is 0 Å². The zero-order valence-corrected chi connectivity index (χ0v) is 18.5. The Morgan fingerprint density at radius 2 is 1.90 bits per heavy atom. The van der Waals surface area contributed by atoms with Gasteiger partial charge < -0.3 is 9.47 Å². The number of aryl methyl sites for hydroxylation is 3. The van der Waals surface area contributed by atoms with Gasteiger partial charge in [-0.15, -0.1) is 0 Å². The molecule has 4 nitrogen and oxygen atoms in total. The van der Waals surface area contributed by atoms with Crippen molar-refractivity contribution >= 4 is 18.4 Å². The number of rotatable bonds is 8. The second-order valence-electron chi connectivity index (χ2n) is 8.58. The lowest BCUT2D eigenvalue weighted by Gasteiger charge is -2.25. The Morgan fingerprint density at radius 3 is 2.47 bits per heavy atom. The minimum Gasteiger partial charge on any atom is -0.467 e. The highest BCUT2D eigenvalue weighted by Crippen LogP contribution is 2.52. The van der Waals surface area contributed by atoms with Crippen molar-refractivity contribution in [2.75, 3.05) is 7.11 Å². The summed E-state index contributed by atoms with van der Waals surface area (Å²) in [6, 6.07) is 8.66. The summed E-state index contributed by atoms with van der Waals surface area (Å²) < 4.78 is 11.4. The van der Waals surface area contributed by atoms with E-state index >= 15 is 0 Å². The standard InChI is InChI=1S/C26H31NO3/c1-6-17-14-19(8-7-15(17)2)24-22(25(26(28)29-5)30-20-11-12-20)16(3)13-21(27-4)23(24)18-9-10-18/h7-8,13-14,18,20,25H,4,6,9-12H2,1-3,5H3. The van der Waals surface area contributed by atoms with Crippen LogP contribution in [0.2, 0.25) is 0 Å². The fraction of sp³-hybridized carbons (Fsp3) is 0.462. The summed E-state index contributed by atoms with van der Waals surface area (Å²) in [6.07, 6.45) is 4.63. The molecular weight excluding hydrogens is 374 g/mol. The lowest BCUT2D eigenvalue weighted by Crippen LogP contribution is -2.21. The number of benzene rings is 2. The summed E-state index contributed by atoms with van der Waals surface area (Å²) in [5.41, 5.74) is 8.84. The van der Waals surface area contributed by atoms with Gasteiger partial charge in [0.05, 0.1) is 18.9 Å². The SMILES string of the molecule is C=Nc1cc(C)c(C(OC2CC2)C(=O)OC)c(-c2ccc(C)c(CC)c2)c1C1CC1. The summed E-state index contributed by atoms with van der Waals surface area (Å²) in [6.45, 7) is 10.2. The van der Waals surface area contributed by atoms with Crippen LogP contribution in [0.25, 0.3) is 11.1 Å². The number of aliphatic imine (C=N–C) groups is 1. The van der Waals surface area contributed by atoms with Crippen molar-refractivity contribution in [3.8, 4) is 11.1 Å². The van der Waals surface area contributed by atoms with E-state index in [0.29, 0.717) is 5.92 Å². The molecule has 0 aromatic heterocycles. The number of carbonyl (C=O) groups is 1. The van der Waals surface area contributed by atoms with Crippen LogP contribution in [0.1, 0.15) is 72.4 Å². The van der Waals surface area contributed by atoms with Crippen molar-refractivity contribution < 1.29 is 14.3 Å². The summed E-state index contributed by atoms with van der Waals surface area (Å²) in [7, 11) is 1.43. The van der Waals surface area contributed by atoms with E-state index in [0.717, 1.165) is 60.0 Å². The zero-order valence-electron chi connectivity index (χ0n) is 18.5. The molecule has 1 atom stereocenters. The fourth-order valence-electron chi connectivity index (χ4n) is 4.35. The molecule has 0 saturated heterocycles. The van der Waals surface area contributed by atoms with Crippen molar-refractivity contribution in [3.05, 3.63) is 52.1 Å². The van der Waals surface area contributed by atoms with Crippen molar-refractivity contribution in [3.63, 3.8) is 0 Å². The maximum Gasteiger partial charge on any atom is 0.339 e. The van der Waals surface area contributed by atoms with Gasteiger partial charge in [0.1, 0.15) is 0 Å². The summed E-state index contributed by atoms with van der Waals surface area (Å²) in [4.78, 5) is 17.2. The average Bonchev–Trinajstić information content (AvgIpc) is 3.66. The van der Waals surface area contributed by atoms with E-state index in [4.69, 9.17) is 9.47 Å². The van der Waals surface area contributed by atoms with Gasteiger partial charge in [-0.2, -0.15) is 0 Å². The van der Waals surface area contributed by atoms with Gasteiger partial charge in [0.25, 0.3) is 0 Å². The third-order valence-electron chi connectivity index (χ3n) is 6.30. The van der Waals surface area contributed by atoms with E-state index in [2.05, 4.69) is 49.8 Å². The first-order chi connectivity index (χ1) is 14.5. The van der Waals surface area contributed by atoms with Crippen molar-refractivity contribution in [1.82, 2.24) is 0 Å². The molecule has 1 unspecified atom stereocenters. The molecular formula is C26H31NO3. The topological polar surface area (TPSA) is 47.9 Å². The maximum absolute atomic E-state index is 12.9. The summed E-state index contributed by atoms with van der Waals surface area (Å²) >= 11 is 0. The van der Waals surface area contributed by atoms with Gasteiger partial charge in [0.2, 0.25) is 0 Å². The Hall–Kier alpha value is -2.46. The molecule has 4 heteroatoms. The maximum atomic E-state index is 12.9. The number of hydrogen-bond acceptors (Lipinski definition) is 4. The molecule has 2 fully saturated rings. The third-order valence-corrected chi connectivity index (χ3v) is 6.30. The van der Waals surface area contributed by atoms with Gasteiger partial charge in [0.15, 0.2) is 6.10 Å². The monoisotopic (exact) mass is 405 g/mol. The van der Waals surface area contributed by atoms with Crippen LogP contribution in [0, 0.1) is 13.8 Å². The van der Waals surface area contributed by atoms with Gasteiger partial charge in [-0.1, -0.05) is 25.1 Å². The molecule has 0 spiro atoms. The van der Waals surface area contributed by atoms with E-state index in [-0.39, 0.29) is 12.1 Å². The highest BCUT2D eigenvalue weighted by atomic mass is 16.6. The molecule has 4 rings (SSSR count). The van der Waals surface area contributed by atoms with Crippen LogP contribution in [0.4, 0.5) is 5.69 Å². The van der Waals surface area contributed by atoms with E-state index in [1.54, 1.807) is 0 Å². The fourth-order valence-corrected chi connectivity index (χ4v) is 4.35. The number of carbonyl (C=O) groups excluding carboxylic acids is 1. The van der Waals surface area contributed by atoms with E-state index in [1.165, 1.54) is 23.8 Å². The highest BCUT2D eigenvalue weighted by molar-refractivity contribution is 5.87. The average molecular weight is 406 g/mol. The van der Waals surface area contributed by atoms with Crippen LogP contribution in [0.5, 0.6) is 0 Å². The molecule has 2 aromatic rings. The lowest BCUT2D eigenvalue weighted by atomic mass is 9.84. The molecule has 2 aliphatic rings. The first-order valence-electron chi connectivity index (χ1n) is 11.0. The molecule has 0 heterocycles. The molecule has 2 aliphatic carbocycles. The molecule has 0 N–H and O–H groups in total. The Kier molecular flexibility index (Phi) is 5.79. The lowest BCUT2D eigenvalue weighted by molar-refractivity contribution is -0.155. The third kappa shape index (κ3) is 3.93. The summed E-state index contributed by atoms with van der Waals surface area (Å²) in [5, 5.41) is 0. The predicted molar refractivity (Wildman–Crippen MR) is 121 cm³/mol. The van der Waals surface area contributed by atoms with Crippen molar-refractivity contribution in [1.29, 1.82) is 0 Å². The van der Waals surface area contributed by atoms with Gasteiger partial charge >= 0.3 is 5.97 Å². The van der Waals surface area contributed by atoms with Gasteiger partial charge in [-0.05, 0) is 98.0 Å². The van der Waals surface area contributed by atoms with Crippen molar-refractivity contribution in [2.24, 2.45) is 4.99 Å². The molecule has 0 amide bonds. The highest BCUT2D eigenvalue weighted by Gasteiger charge is 2.38. The van der Waals surface area contributed by atoms with E-state index in [1.807, 2.05) is 6.92 Å². The molecule has 0 aliphatic heterocycles. The Balaban J connectivity index is 2.00. The van der Waals surface area contributed by atoms with Crippen LogP contribution in [-0.2, 0) is 20.7 Å². The minimum absolute atomic E-state index is 0.132. The first kappa shape index (κ1) is 20.8. The van der Waals surface area contributed by atoms with Gasteiger partial charge in [-0.3, -0.25) is 4.99 Å². The van der Waals surface area contributed by atoms with Gasteiger partial charge in [0, 0.05) is 5.56 Å². The Labute approximate surface area is 179 Å². The van der Waals surface area contributed by atoms with Gasteiger partial charge in [-0.25, -0.2) is 4.79 Å². The Bertz CT molecular complexity index is 986. The zero-order chi connectivity index (χ0) is 21.4. The molecule has 158 valence electrons. The normalized spacial score (nSPS) is 16.9. The van der Waals surface area contributed by atoms with Crippen LogP contribution in [0.3, 0.4) is 0 Å². The second kappa shape index (κ2) is 8.35. The van der Waals surface area contributed by atoms with E-state index < -0.39 is 6.10 Å². The second-order valence-corrected chi connectivity index (χ2v) is 8.58. The number of methoxy groups -OCH3 is 1. The first-order valence-corrected chi connectivity index (χ1v) is 11.0. The molecule has 2 aromatic carbocycles. The number of esters is 1. The van der Waals surface area contributed by atoms with E-state index in [9.17, 15) is 4.79 Å². The molecule has 2 saturated carbocycles. The summed E-state index contributed by atoms with van der Waals surface area (Å²) in [5.74, 6) is 0.112. The van der Waals surface area contributed by atoms with Crippen LogP contribution in [-0.4, -0.2) is 25.9 Å². The molecule has 0 radical (unpaired) electrons. The minimum atomic E-state index is -0.722. The van der Waals surface area contributed by atoms with Crippen LogP contribution in [0.15, 0.2) is 29.3 Å². The Morgan fingerprint density at radius 1 is 1.17 bits per heavy atom. The quantitative estimate of drug-likeness (QED) is 0.392. The smallest absolute Gasteiger partial charge is 0.339 e. The largest absolute Gasteiger partial charge is 0.467 e. The van der Waals surface area contributed by atoms with Crippen LogP contribution >= 0.6 is 0 Å². The number of hydrogen-bond donors (Lipinski definition) is 0. The molecule has 0 bridgehead atoms. The number of ether oxygens (including phenoxy) is 2. The predicted octanol–water partition coefficient (Wildman–Crippen LogP) is 6.14. The van der Waals surface area contributed by atoms with Crippen molar-refractivity contribution in [2.45, 2.75) is 71.0 Å².